The number of hydrogen-bond acceptors (Lipinski definition) is 4. The SMILES string of the molecule is CCN(CC(=O)Nc1ccccc1OC)CC1CCCNC1. The molecule has 2 N–H and O–H groups in total. The van der Waals surface area contributed by atoms with Gasteiger partial charge in [0.05, 0.1) is 19.3 Å². The standard InChI is InChI=1S/C17H27N3O2/c1-3-20(12-14-7-6-10-18-11-14)13-17(21)19-15-8-4-5-9-16(15)22-2/h4-5,8-9,14,18H,3,6-7,10-13H2,1-2H3,(H,19,21). The number of carbonyl (C=O) groups is 1. The lowest BCUT2D eigenvalue weighted by atomic mass is 9.99. The van der Waals surface area contributed by atoms with Crippen LogP contribution in [0.15, 0.2) is 24.3 Å². The Labute approximate surface area is 133 Å². The van der Waals surface area contributed by atoms with Crippen LogP contribution in [0.4, 0.5) is 5.69 Å². The second kappa shape index (κ2) is 8.76. The van der Waals surface area contributed by atoms with Gasteiger partial charge in [-0.05, 0) is 50.5 Å². The Morgan fingerprint density at radius 2 is 2.27 bits per heavy atom. The number of piperidine rings is 1. The molecule has 122 valence electrons. The molecule has 2 rings (SSSR count). The number of carbonyl (C=O) groups excluding carboxylic acids is 1. The maximum atomic E-state index is 12.3. The third kappa shape index (κ3) is 5.00. The summed E-state index contributed by atoms with van der Waals surface area (Å²) in [4.78, 5) is 14.5. The summed E-state index contributed by atoms with van der Waals surface area (Å²) in [6, 6.07) is 7.49. The van der Waals surface area contributed by atoms with Gasteiger partial charge in [-0.15, -0.1) is 0 Å². The first kappa shape index (κ1) is 16.8. The van der Waals surface area contributed by atoms with Gasteiger partial charge >= 0.3 is 0 Å². The smallest absolute Gasteiger partial charge is 0.238 e. The zero-order chi connectivity index (χ0) is 15.8. The number of benzene rings is 1. The summed E-state index contributed by atoms with van der Waals surface area (Å²) in [5.41, 5.74) is 0.727. The van der Waals surface area contributed by atoms with Crippen LogP contribution in [-0.2, 0) is 4.79 Å². The van der Waals surface area contributed by atoms with Crippen LogP contribution in [0.2, 0.25) is 0 Å². The van der Waals surface area contributed by atoms with Gasteiger partial charge in [-0.3, -0.25) is 9.69 Å². The minimum absolute atomic E-state index is 0.00937. The van der Waals surface area contributed by atoms with E-state index in [-0.39, 0.29) is 5.91 Å². The van der Waals surface area contributed by atoms with Gasteiger partial charge in [0.2, 0.25) is 5.91 Å². The fourth-order valence-electron chi connectivity index (χ4n) is 2.89. The predicted molar refractivity (Wildman–Crippen MR) is 89.3 cm³/mol. The Morgan fingerprint density at radius 3 is 2.95 bits per heavy atom. The molecule has 0 aromatic heterocycles. The Kier molecular flexibility index (Phi) is 6.68. The highest BCUT2D eigenvalue weighted by Gasteiger charge is 2.18. The molecule has 0 saturated carbocycles. The highest BCUT2D eigenvalue weighted by atomic mass is 16.5. The van der Waals surface area contributed by atoms with Gasteiger partial charge in [0.25, 0.3) is 0 Å². The summed E-state index contributed by atoms with van der Waals surface area (Å²) in [7, 11) is 1.61. The number of nitrogens with zero attached hydrogens (tertiary/aromatic N) is 1. The molecule has 0 bridgehead atoms. The normalized spacial score (nSPS) is 18.2. The second-order valence-electron chi connectivity index (χ2n) is 5.79. The number of likely N-dealkylation sites (N-methyl/N-ethyl adjacent to an activating group) is 1. The second-order valence-corrected chi connectivity index (χ2v) is 5.79. The highest BCUT2D eigenvalue weighted by Crippen LogP contribution is 2.22. The Morgan fingerprint density at radius 1 is 1.45 bits per heavy atom. The number of ether oxygens (including phenoxy) is 1. The first-order valence-electron chi connectivity index (χ1n) is 8.09. The molecular weight excluding hydrogens is 278 g/mol. The van der Waals surface area contributed by atoms with E-state index >= 15 is 0 Å². The molecule has 1 aromatic carbocycles. The molecule has 1 heterocycles. The van der Waals surface area contributed by atoms with E-state index < -0.39 is 0 Å². The quantitative estimate of drug-likeness (QED) is 0.808. The molecule has 0 aliphatic carbocycles. The van der Waals surface area contributed by atoms with Gasteiger partial charge in [-0.25, -0.2) is 0 Å². The van der Waals surface area contributed by atoms with Crippen molar-refractivity contribution in [1.29, 1.82) is 0 Å². The Hall–Kier alpha value is -1.59. The molecule has 5 heteroatoms. The van der Waals surface area contributed by atoms with Crippen LogP contribution in [-0.4, -0.2) is 50.6 Å². The van der Waals surface area contributed by atoms with E-state index in [0.717, 1.165) is 31.9 Å². The maximum absolute atomic E-state index is 12.3. The van der Waals surface area contributed by atoms with Crippen LogP contribution >= 0.6 is 0 Å². The van der Waals surface area contributed by atoms with Crippen LogP contribution in [0.1, 0.15) is 19.8 Å². The van der Waals surface area contributed by atoms with Gasteiger partial charge in [0.15, 0.2) is 0 Å². The van der Waals surface area contributed by atoms with Gasteiger partial charge in [-0.1, -0.05) is 19.1 Å². The first-order valence-corrected chi connectivity index (χ1v) is 8.09. The van der Waals surface area contributed by atoms with Crippen LogP contribution in [0.5, 0.6) is 5.75 Å². The number of hydrogen-bond donors (Lipinski definition) is 2. The van der Waals surface area contributed by atoms with Crippen LogP contribution in [0, 0.1) is 5.92 Å². The topological polar surface area (TPSA) is 53.6 Å². The van der Waals surface area contributed by atoms with Crippen molar-refractivity contribution in [3.8, 4) is 5.75 Å². The largest absolute Gasteiger partial charge is 0.495 e. The molecule has 1 unspecified atom stereocenters. The lowest BCUT2D eigenvalue weighted by Crippen LogP contribution is -2.41. The lowest BCUT2D eigenvalue weighted by Gasteiger charge is -2.29. The molecule has 5 nitrogen and oxygen atoms in total. The molecule has 0 radical (unpaired) electrons. The predicted octanol–water partition coefficient (Wildman–Crippen LogP) is 1.96. The van der Waals surface area contributed by atoms with Crippen LogP contribution in [0.3, 0.4) is 0 Å². The van der Waals surface area contributed by atoms with Crippen LogP contribution in [0.25, 0.3) is 0 Å². The van der Waals surface area contributed by atoms with Crippen molar-refractivity contribution < 1.29 is 9.53 Å². The van der Waals surface area contributed by atoms with E-state index in [1.54, 1.807) is 7.11 Å². The van der Waals surface area contributed by atoms with Crippen molar-refractivity contribution in [2.45, 2.75) is 19.8 Å². The van der Waals surface area contributed by atoms with E-state index in [9.17, 15) is 4.79 Å². The van der Waals surface area contributed by atoms with Gasteiger partial charge < -0.3 is 15.4 Å². The fourth-order valence-corrected chi connectivity index (χ4v) is 2.89. The first-order chi connectivity index (χ1) is 10.7. The van der Waals surface area contributed by atoms with Crippen molar-refractivity contribution in [3.05, 3.63) is 24.3 Å². The Bertz CT molecular complexity index is 473. The van der Waals surface area contributed by atoms with Crippen LogP contribution < -0.4 is 15.4 Å². The zero-order valence-corrected chi connectivity index (χ0v) is 13.6. The Balaban J connectivity index is 1.86. The minimum Gasteiger partial charge on any atom is -0.495 e. The summed E-state index contributed by atoms with van der Waals surface area (Å²) in [6.45, 7) is 6.57. The maximum Gasteiger partial charge on any atom is 0.238 e. The number of nitrogens with one attached hydrogen (secondary N) is 2. The van der Waals surface area contributed by atoms with E-state index in [2.05, 4.69) is 22.5 Å². The van der Waals surface area contributed by atoms with Crippen molar-refractivity contribution >= 4 is 11.6 Å². The fraction of sp³-hybridized carbons (Fsp3) is 0.588. The van der Waals surface area contributed by atoms with Crippen molar-refractivity contribution in [2.75, 3.05) is 45.2 Å². The minimum atomic E-state index is 0.00937. The number of para-hydroxylation sites is 2. The molecule has 22 heavy (non-hydrogen) atoms. The number of rotatable bonds is 7. The third-order valence-electron chi connectivity index (χ3n) is 4.11. The molecule has 1 saturated heterocycles. The number of methoxy groups -OCH3 is 1. The third-order valence-corrected chi connectivity index (χ3v) is 4.11. The molecule has 1 aliphatic rings. The zero-order valence-electron chi connectivity index (χ0n) is 13.6. The molecule has 0 spiro atoms. The average molecular weight is 305 g/mol. The van der Waals surface area contributed by atoms with E-state index in [4.69, 9.17) is 4.74 Å². The highest BCUT2D eigenvalue weighted by molar-refractivity contribution is 5.93. The van der Waals surface area contributed by atoms with Gasteiger partial charge in [-0.2, -0.15) is 0 Å². The molecule has 1 aromatic rings. The molecule has 1 fully saturated rings. The van der Waals surface area contributed by atoms with Gasteiger partial charge in [0.1, 0.15) is 5.75 Å². The van der Waals surface area contributed by atoms with Crippen molar-refractivity contribution in [2.24, 2.45) is 5.92 Å². The average Bonchev–Trinajstić information content (AvgIpc) is 2.55. The van der Waals surface area contributed by atoms with E-state index in [0.29, 0.717) is 18.2 Å². The summed E-state index contributed by atoms with van der Waals surface area (Å²) in [5.74, 6) is 1.35. The molecule has 1 atom stereocenters. The number of amides is 1. The summed E-state index contributed by atoms with van der Waals surface area (Å²) < 4.78 is 5.26. The lowest BCUT2D eigenvalue weighted by molar-refractivity contribution is -0.117. The molecular formula is C17H27N3O2. The summed E-state index contributed by atoms with van der Waals surface area (Å²) in [6.07, 6.45) is 2.48. The van der Waals surface area contributed by atoms with E-state index in [1.165, 1.54) is 12.8 Å². The monoisotopic (exact) mass is 305 g/mol. The summed E-state index contributed by atoms with van der Waals surface area (Å²) >= 11 is 0. The summed E-state index contributed by atoms with van der Waals surface area (Å²) in [5, 5.41) is 6.37. The molecule has 1 amide bonds. The van der Waals surface area contributed by atoms with Gasteiger partial charge in [0, 0.05) is 6.54 Å². The van der Waals surface area contributed by atoms with Crippen molar-refractivity contribution in [3.63, 3.8) is 0 Å². The molecule has 1 aliphatic heterocycles. The van der Waals surface area contributed by atoms with E-state index in [1.807, 2.05) is 24.3 Å². The number of anilines is 1. The van der Waals surface area contributed by atoms with Crippen molar-refractivity contribution in [1.82, 2.24) is 10.2 Å².